The first-order chi connectivity index (χ1) is 11.5. The van der Waals surface area contributed by atoms with Crippen LogP contribution in [0.15, 0.2) is 41.4 Å². The molecule has 0 aliphatic heterocycles. The van der Waals surface area contributed by atoms with Crippen molar-refractivity contribution in [3.05, 3.63) is 42.0 Å². The second-order valence-electron chi connectivity index (χ2n) is 6.54. The first kappa shape index (κ1) is 18.0. The molecule has 1 saturated carbocycles. The molecule has 1 aliphatic carbocycles. The van der Waals surface area contributed by atoms with E-state index >= 15 is 0 Å². The predicted octanol–water partition coefficient (Wildman–Crippen LogP) is 3.19. The Morgan fingerprint density at radius 2 is 2.08 bits per heavy atom. The van der Waals surface area contributed by atoms with Gasteiger partial charge in [-0.25, -0.2) is 4.99 Å². The molecule has 0 atom stereocenters. The van der Waals surface area contributed by atoms with Gasteiger partial charge < -0.3 is 16.4 Å². The van der Waals surface area contributed by atoms with Crippen molar-refractivity contribution < 1.29 is 4.79 Å². The van der Waals surface area contributed by atoms with E-state index in [2.05, 4.69) is 22.2 Å². The molecule has 0 spiro atoms. The molecule has 0 saturated heterocycles. The van der Waals surface area contributed by atoms with Gasteiger partial charge in [-0.1, -0.05) is 43.5 Å². The molecule has 1 aliphatic rings. The maximum absolute atomic E-state index is 12.3. The average Bonchev–Trinajstić information content (AvgIpc) is 2.59. The summed E-state index contributed by atoms with van der Waals surface area (Å²) in [6.07, 6.45) is 5.56. The lowest BCUT2D eigenvalue weighted by atomic mass is 9.88. The standard InChI is InChI=1S/C19H28N4O/c1-14(2)12-21-19(20)22-13-15-7-6-10-17(11-15)23-18(24)16-8-4-3-5-9-16/h6-7,10-11,16H,1,3-5,8-9,12-13H2,2H3,(H,23,24)(H3,20,21,22). The van der Waals surface area contributed by atoms with Gasteiger partial charge in [-0.05, 0) is 37.5 Å². The van der Waals surface area contributed by atoms with E-state index in [4.69, 9.17) is 5.73 Å². The summed E-state index contributed by atoms with van der Waals surface area (Å²) in [5, 5.41) is 6.03. The molecule has 130 valence electrons. The minimum Gasteiger partial charge on any atom is -0.370 e. The molecule has 0 heterocycles. The summed E-state index contributed by atoms with van der Waals surface area (Å²) in [7, 11) is 0. The lowest BCUT2D eigenvalue weighted by Crippen LogP contribution is -2.32. The first-order valence-electron chi connectivity index (χ1n) is 8.62. The van der Waals surface area contributed by atoms with Gasteiger partial charge in [0.05, 0.1) is 6.54 Å². The van der Waals surface area contributed by atoms with E-state index in [1.165, 1.54) is 6.42 Å². The lowest BCUT2D eigenvalue weighted by Gasteiger charge is -2.20. The molecule has 0 radical (unpaired) electrons. The van der Waals surface area contributed by atoms with E-state index in [1.54, 1.807) is 0 Å². The Balaban J connectivity index is 1.89. The summed E-state index contributed by atoms with van der Waals surface area (Å²) in [5.41, 5.74) is 8.65. The van der Waals surface area contributed by atoms with Gasteiger partial charge in [-0.15, -0.1) is 0 Å². The van der Waals surface area contributed by atoms with Gasteiger partial charge in [0.1, 0.15) is 0 Å². The largest absolute Gasteiger partial charge is 0.370 e. The minimum absolute atomic E-state index is 0.137. The predicted molar refractivity (Wildman–Crippen MR) is 99.8 cm³/mol. The van der Waals surface area contributed by atoms with Crippen LogP contribution in [0, 0.1) is 5.92 Å². The minimum atomic E-state index is 0.137. The number of carbonyl (C=O) groups is 1. The smallest absolute Gasteiger partial charge is 0.227 e. The number of rotatable bonds is 6. The molecule has 1 aromatic carbocycles. The molecule has 4 N–H and O–H groups in total. The molecule has 0 bridgehead atoms. The Labute approximate surface area is 144 Å². The molecule has 1 aromatic rings. The fourth-order valence-electron chi connectivity index (χ4n) is 2.83. The summed E-state index contributed by atoms with van der Waals surface area (Å²) >= 11 is 0. The highest BCUT2D eigenvalue weighted by Gasteiger charge is 2.20. The van der Waals surface area contributed by atoms with Gasteiger partial charge in [-0.2, -0.15) is 0 Å². The zero-order chi connectivity index (χ0) is 17.4. The SMILES string of the molecule is C=C(C)CNC(N)=NCc1cccc(NC(=O)C2CCCCC2)c1. The van der Waals surface area contributed by atoms with Crippen molar-refractivity contribution in [3.63, 3.8) is 0 Å². The summed E-state index contributed by atoms with van der Waals surface area (Å²) in [6, 6.07) is 7.78. The zero-order valence-corrected chi connectivity index (χ0v) is 14.5. The van der Waals surface area contributed by atoms with Crippen LogP contribution in [0.1, 0.15) is 44.6 Å². The lowest BCUT2D eigenvalue weighted by molar-refractivity contribution is -0.120. The van der Waals surface area contributed by atoms with Crippen LogP contribution in [-0.2, 0) is 11.3 Å². The number of carbonyl (C=O) groups excluding carboxylic acids is 1. The number of amides is 1. The fraction of sp³-hybridized carbons (Fsp3) is 0.474. The van der Waals surface area contributed by atoms with Crippen molar-refractivity contribution in [2.75, 3.05) is 11.9 Å². The molecular weight excluding hydrogens is 300 g/mol. The van der Waals surface area contributed by atoms with Gasteiger partial charge in [0, 0.05) is 18.2 Å². The number of aliphatic imine (C=N–C) groups is 1. The highest BCUT2D eigenvalue weighted by atomic mass is 16.1. The highest BCUT2D eigenvalue weighted by Crippen LogP contribution is 2.25. The number of hydrogen-bond acceptors (Lipinski definition) is 2. The Hall–Kier alpha value is -2.30. The van der Waals surface area contributed by atoms with Crippen LogP contribution in [0.4, 0.5) is 5.69 Å². The third-order valence-electron chi connectivity index (χ3n) is 4.17. The molecule has 2 rings (SSSR count). The summed E-state index contributed by atoms with van der Waals surface area (Å²) in [4.78, 5) is 16.6. The van der Waals surface area contributed by atoms with Crippen LogP contribution in [-0.4, -0.2) is 18.4 Å². The summed E-state index contributed by atoms with van der Waals surface area (Å²) < 4.78 is 0. The van der Waals surface area contributed by atoms with Gasteiger partial charge in [0.15, 0.2) is 5.96 Å². The van der Waals surface area contributed by atoms with Gasteiger partial charge in [0.25, 0.3) is 0 Å². The number of nitrogens with two attached hydrogens (primary N) is 1. The normalized spacial score (nSPS) is 15.8. The number of nitrogens with zero attached hydrogens (tertiary/aromatic N) is 1. The quantitative estimate of drug-likeness (QED) is 0.426. The van der Waals surface area contributed by atoms with Crippen molar-refractivity contribution >= 4 is 17.6 Å². The summed E-state index contributed by atoms with van der Waals surface area (Å²) in [5.74, 6) is 0.690. The van der Waals surface area contributed by atoms with Crippen LogP contribution < -0.4 is 16.4 Å². The molecule has 24 heavy (non-hydrogen) atoms. The van der Waals surface area contributed by atoms with Gasteiger partial charge in [-0.3, -0.25) is 4.79 Å². The van der Waals surface area contributed by atoms with E-state index in [0.717, 1.165) is 42.5 Å². The van der Waals surface area contributed by atoms with Gasteiger partial charge in [0.2, 0.25) is 5.91 Å². The number of anilines is 1. The van der Waals surface area contributed by atoms with Crippen LogP contribution in [0.2, 0.25) is 0 Å². The average molecular weight is 328 g/mol. The van der Waals surface area contributed by atoms with E-state index in [9.17, 15) is 4.79 Å². The molecule has 5 nitrogen and oxygen atoms in total. The molecule has 1 amide bonds. The monoisotopic (exact) mass is 328 g/mol. The highest BCUT2D eigenvalue weighted by molar-refractivity contribution is 5.92. The maximum Gasteiger partial charge on any atom is 0.227 e. The topological polar surface area (TPSA) is 79.5 Å². The molecule has 0 aromatic heterocycles. The van der Waals surface area contributed by atoms with E-state index in [0.29, 0.717) is 19.0 Å². The molecule has 5 heteroatoms. The third-order valence-corrected chi connectivity index (χ3v) is 4.17. The van der Waals surface area contributed by atoms with Crippen molar-refractivity contribution in [1.29, 1.82) is 0 Å². The fourth-order valence-corrected chi connectivity index (χ4v) is 2.83. The summed E-state index contributed by atoms with van der Waals surface area (Å²) in [6.45, 7) is 6.83. The number of nitrogens with one attached hydrogen (secondary N) is 2. The van der Waals surface area contributed by atoms with Crippen molar-refractivity contribution in [2.24, 2.45) is 16.6 Å². The van der Waals surface area contributed by atoms with Crippen LogP contribution in [0.5, 0.6) is 0 Å². The van der Waals surface area contributed by atoms with E-state index < -0.39 is 0 Å². The second kappa shape index (κ2) is 9.11. The van der Waals surface area contributed by atoms with Crippen molar-refractivity contribution in [3.8, 4) is 0 Å². The number of benzene rings is 1. The Morgan fingerprint density at radius 3 is 2.79 bits per heavy atom. The van der Waals surface area contributed by atoms with E-state index in [-0.39, 0.29) is 11.8 Å². The van der Waals surface area contributed by atoms with Crippen LogP contribution >= 0.6 is 0 Å². The maximum atomic E-state index is 12.3. The number of hydrogen-bond donors (Lipinski definition) is 3. The Kier molecular flexibility index (Phi) is 6.85. The van der Waals surface area contributed by atoms with Crippen molar-refractivity contribution in [2.45, 2.75) is 45.6 Å². The first-order valence-corrected chi connectivity index (χ1v) is 8.62. The molecule has 1 fully saturated rings. The second-order valence-corrected chi connectivity index (χ2v) is 6.54. The Bertz CT molecular complexity index is 603. The number of guanidine groups is 1. The van der Waals surface area contributed by atoms with E-state index in [1.807, 2.05) is 31.2 Å². The van der Waals surface area contributed by atoms with Gasteiger partial charge >= 0.3 is 0 Å². The van der Waals surface area contributed by atoms with Crippen LogP contribution in [0.25, 0.3) is 0 Å². The van der Waals surface area contributed by atoms with Crippen LogP contribution in [0.3, 0.4) is 0 Å². The zero-order valence-electron chi connectivity index (χ0n) is 14.5. The Morgan fingerprint density at radius 1 is 1.33 bits per heavy atom. The molecular formula is C19H28N4O. The van der Waals surface area contributed by atoms with Crippen molar-refractivity contribution in [1.82, 2.24) is 5.32 Å². The third kappa shape index (κ3) is 6.07. The molecule has 0 unspecified atom stereocenters.